The summed E-state index contributed by atoms with van der Waals surface area (Å²) >= 11 is 6.22. The van der Waals surface area contributed by atoms with Crippen LogP contribution >= 0.6 is 11.6 Å². The number of aryl methyl sites for hydroxylation is 2. The lowest BCUT2D eigenvalue weighted by atomic mass is 10.0. The predicted octanol–water partition coefficient (Wildman–Crippen LogP) is 6.32. The van der Waals surface area contributed by atoms with Gasteiger partial charge >= 0.3 is 0 Å². The quantitative estimate of drug-likeness (QED) is 0.198. The molecule has 9 heteroatoms. The van der Waals surface area contributed by atoms with Gasteiger partial charge in [0.1, 0.15) is 12.6 Å². The van der Waals surface area contributed by atoms with E-state index in [2.05, 4.69) is 5.32 Å². The summed E-state index contributed by atoms with van der Waals surface area (Å²) in [6.45, 7) is 7.02. The molecule has 230 valence electrons. The SMILES string of the molecule is Cc1cccc(CN(C(=O)CN(c2ccc(Cl)cc2C)S(=O)(=O)c2ccccc2)[C@H](Cc2ccccc2)C(=O)NC(C)C)c1. The Morgan fingerprint density at radius 1 is 0.818 bits per heavy atom. The van der Waals surface area contributed by atoms with Gasteiger partial charge in [-0.3, -0.25) is 13.9 Å². The van der Waals surface area contributed by atoms with E-state index in [1.54, 1.807) is 43.3 Å². The van der Waals surface area contributed by atoms with Crippen LogP contribution in [0.3, 0.4) is 0 Å². The highest BCUT2D eigenvalue weighted by atomic mass is 35.5. The molecule has 0 heterocycles. The average molecular weight is 632 g/mol. The van der Waals surface area contributed by atoms with E-state index in [-0.39, 0.29) is 29.8 Å². The van der Waals surface area contributed by atoms with Crippen molar-refractivity contribution in [1.82, 2.24) is 10.2 Å². The van der Waals surface area contributed by atoms with Gasteiger partial charge in [0, 0.05) is 24.0 Å². The van der Waals surface area contributed by atoms with Crippen LogP contribution in [0.15, 0.2) is 108 Å². The number of rotatable bonds is 12. The Morgan fingerprint density at radius 2 is 1.45 bits per heavy atom. The predicted molar refractivity (Wildman–Crippen MR) is 176 cm³/mol. The zero-order valence-electron chi connectivity index (χ0n) is 25.4. The third-order valence-corrected chi connectivity index (χ3v) is 9.18. The zero-order chi connectivity index (χ0) is 31.9. The lowest BCUT2D eigenvalue weighted by Crippen LogP contribution is -2.54. The van der Waals surface area contributed by atoms with Gasteiger partial charge in [0.15, 0.2) is 0 Å². The first-order valence-corrected chi connectivity index (χ1v) is 16.3. The molecule has 0 bridgehead atoms. The summed E-state index contributed by atoms with van der Waals surface area (Å²) in [7, 11) is -4.18. The van der Waals surface area contributed by atoms with E-state index in [9.17, 15) is 18.0 Å². The van der Waals surface area contributed by atoms with Gasteiger partial charge in [0.05, 0.1) is 10.6 Å². The fourth-order valence-electron chi connectivity index (χ4n) is 5.07. The first-order valence-electron chi connectivity index (χ1n) is 14.5. The van der Waals surface area contributed by atoms with E-state index >= 15 is 0 Å². The molecule has 4 rings (SSSR count). The van der Waals surface area contributed by atoms with E-state index in [4.69, 9.17) is 11.6 Å². The monoisotopic (exact) mass is 631 g/mol. The minimum atomic E-state index is -4.18. The molecule has 1 atom stereocenters. The number of anilines is 1. The molecule has 0 saturated carbocycles. The van der Waals surface area contributed by atoms with Crippen molar-refractivity contribution in [3.8, 4) is 0 Å². The fourth-order valence-corrected chi connectivity index (χ4v) is 6.80. The molecular weight excluding hydrogens is 594 g/mol. The van der Waals surface area contributed by atoms with E-state index in [0.717, 1.165) is 21.0 Å². The maximum Gasteiger partial charge on any atom is 0.264 e. The van der Waals surface area contributed by atoms with Crippen molar-refractivity contribution < 1.29 is 18.0 Å². The molecule has 4 aromatic rings. The highest BCUT2D eigenvalue weighted by Gasteiger charge is 2.35. The molecule has 2 amide bonds. The van der Waals surface area contributed by atoms with Crippen LogP contribution in [-0.2, 0) is 32.6 Å². The third kappa shape index (κ3) is 8.27. The first-order chi connectivity index (χ1) is 21.0. The lowest BCUT2D eigenvalue weighted by Gasteiger charge is -2.34. The number of hydrogen-bond donors (Lipinski definition) is 1. The van der Waals surface area contributed by atoms with Crippen LogP contribution < -0.4 is 9.62 Å². The number of halogens is 1. The van der Waals surface area contributed by atoms with Crippen molar-refractivity contribution >= 4 is 39.1 Å². The maximum absolute atomic E-state index is 14.5. The Bertz CT molecular complexity index is 1700. The molecule has 0 spiro atoms. The highest BCUT2D eigenvalue weighted by molar-refractivity contribution is 7.92. The van der Waals surface area contributed by atoms with Gasteiger partial charge in [-0.2, -0.15) is 0 Å². The Morgan fingerprint density at radius 3 is 2.07 bits per heavy atom. The molecule has 0 aliphatic carbocycles. The third-order valence-electron chi connectivity index (χ3n) is 7.18. The second-order valence-electron chi connectivity index (χ2n) is 11.1. The molecular formula is C35H38ClN3O4S. The van der Waals surface area contributed by atoms with Crippen molar-refractivity contribution in [2.75, 3.05) is 10.8 Å². The van der Waals surface area contributed by atoms with Gasteiger partial charge in [-0.1, -0.05) is 90.0 Å². The molecule has 0 aromatic heterocycles. The summed E-state index contributed by atoms with van der Waals surface area (Å²) in [5.41, 5.74) is 3.63. The molecule has 44 heavy (non-hydrogen) atoms. The summed E-state index contributed by atoms with van der Waals surface area (Å²) in [6, 6.07) is 29.0. The number of hydrogen-bond acceptors (Lipinski definition) is 4. The molecule has 7 nitrogen and oxygen atoms in total. The average Bonchev–Trinajstić information content (AvgIpc) is 2.98. The zero-order valence-corrected chi connectivity index (χ0v) is 27.0. The summed E-state index contributed by atoms with van der Waals surface area (Å²) in [5.74, 6) is -0.829. The number of carbonyl (C=O) groups excluding carboxylic acids is 2. The minimum absolute atomic E-state index is 0.0470. The molecule has 0 unspecified atom stereocenters. The Kier molecular flexibility index (Phi) is 10.8. The van der Waals surface area contributed by atoms with Gasteiger partial charge in [0.25, 0.3) is 10.0 Å². The molecule has 0 saturated heterocycles. The van der Waals surface area contributed by atoms with E-state index in [1.165, 1.54) is 17.0 Å². The number of sulfonamides is 1. The van der Waals surface area contributed by atoms with E-state index in [0.29, 0.717) is 16.3 Å². The van der Waals surface area contributed by atoms with Gasteiger partial charge in [0.2, 0.25) is 11.8 Å². The van der Waals surface area contributed by atoms with Crippen LogP contribution in [0.5, 0.6) is 0 Å². The van der Waals surface area contributed by atoms with Crippen LogP contribution in [0, 0.1) is 13.8 Å². The lowest BCUT2D eigenvalue weighted by molar-refractivity contribution is -0.140. The Balaban J connectivity index is 1.82. The van der Waals surface area contributed by atoms with Gasteiger partial charge < -0.3 is 10.2 Å². The molecule has 4 aromatic carbocycles. The summed E-state index contributed by atoms with van der Waals surface area (Å²) in [5, 5.41) is 3.42. The number of nitrogens with zero attached hydrogens (tertiary/aromatic N) is 2. The summed E-state index contributed by atoms with van der Waals surface area (Å²) in [6.07, 6.45) is 0.252. The number of amides is 2. The largest absolute Gasteiger partial charge is 0.352 e. The van der Waals surface area contributed by atoms with E-state index in [1.807, 2.05) is 75.4 Å². The molecule has 0 fully saturated rings. The van der Waals surface area contributed by atoms with Crippen LogP contribution in [-0.4, -0.2) is 43.8 Å². The van der Waals surface area contributed by atoms with Crippen LogP contribution in [0.1, 0.15) is 36.1 Å². The molecule has 1 N–H and O–H groups in total. The van der Waals surface area contributed by atoms with E-state index < -0.39 is 28.5 Å². The Labute approximate surface area is 265 Å². The van der Waals surface area contributed by atoms with Crippen molar-refractivity contribution in [2.24, 2.45) is 0 Å². The normalized spacial score (nSPS) is 12.0. The molecule has 0 radical (unpaired) electrons. The van der Waals surface area contributed by atoms with Crippen molar-refractivity contribution in [2.45, 2.75) is 57.6 Å². The molecule has 0 aliphatic heterocycles. The standard InChI is InChI=1S/C35H38ClN3O4S/c1-25(2)37-35(41)33(22-28-13-7-5-8-14-28)38(23-29-15-11-12-26(3)20-29)34(40)24-39(32-19-18-30(36)21-27(32)4)44(42,43)31-16-9-6-10-17-31/h5-21,25,33H,22-24H2,1-4H3,(H,37,41)/t33-/m1/s1. The number of benzene rings is 4. The van der Waals surface area contributed by atoms with Gasteiger partial charge in [-0.05, 0) is 74.7 Å². The topological polar surface area (TPSA) is 86.8 Å². The van der Waals surface area contributed by atoms with Gasteiger partial charge in [-0.15, -0.1) is 0 Å². The van der Waals surface area contributed by atoms with Crippen molar-refractivity contribution in [1.29, 1.82) is 0 Å². The molecule has 0 aliphatic rings. The minimum Gasteiger partial charge on any atom is -0.352 e. The first kappa shape index (κ1) is 32.8. The Hall–Kier alpha value is -4.14. The smallest absolute Gasteiger partial charge is 0.264 e. The van der Waals surface area contributed by atoms with Crippen molar-refractivity contribution in [3.05, 3.63) is 130 Å². The maximum atomic E-state index is 14.5. The fraction of sp³-hybridized carbons (Fsp3) is 0.257. The van der Waals surface area contributed by atoms with Crippen LogP contribution in [0.25, 0.3) is 0 Å². The van der Waals surface area contributed by atoms with Crippen molar-refractivity contribution in [3.63, 3.8) is 0 Å². The second-order valence-corrected chi connectivity index (χ2v) is 13.4. The number of nitrogens with one attached hydrogen (secondary N) is 1. The second kappa shape index (κ2) is 14.6. The van der Waals surface area contributed by atoms with Crippen LogP contribution in [0.2, 0.25) is 5.02 Å². The summed E-state index contributed by atoms with van der Waals surface area (Å²) < 4.78 is 29.3. The van der Waals surface area contributed by atoms with Gasteiger partial charge in [-0.25, -0.2) is 8.42 Å². The summed E-state index contributed by atoms with van der Waals surface area (Å²) in [4.78, 5) is 29.8. The highest BCUT2D eigenvalue weighted by Crippen LogP contribution is 2.29. The number of carbonyl (C=O) groups is 2. The van der Waals surface area contributed by atoms with Crippen LogP contribution in [0.4, 0.5) is 5.69 Å².